The van der Waals surface area contributed by atoms with Gasteiger partial charge >= 0.3 is 5.97 Å². The van der Waals surface area contributed by atoms with Gasteiger partial charge < -0.3 is 47.4 Å². The summed E-state index contributed by atoms with van der Waals surface area (Å²) in [6.07, 6.45) is -1.17. The fourth-order valence-corrected chi connectivity index (χ4v) is 4.03. The molecule has 4 amide bonds. The van der Waals surface area contributed by atoms with Crippen molar-refractivity contribution in [2.45, 2.75) is 90.2 Å². The van der Waals surface area contributed by atoms with E-state index in [1.807, 2.05) is 0 Å². The molecule has 0 aliphatic heterocycles. The van der Waals surface area contributed by atoms with Gasteiger partial charge in [-0.3, -0.25) is 19.2 Å². The van der Waals surface area contributed by atoms with Gasteiger partial charge in [-0.05, 0) is 49.3 Å². The van der Waals surface area contributed by atoms with E-state index in [0.717, 1.165) is 0 Å². The van der Waals surface area contributed by atoms with Gasteiger partial charge in [0.05, 0.1) is 12.7 Å². The molecule has 0 spiro atoms. The Balaban J connectivity index is 3.25. The molecular weight excluding hydrogens is 550 g/mol. The SMILES string of the molecule is CC(C)C[C@H](NC(=O)[C@H](Cc1ccc(O)cc1)NC(=O)[C@H](CC(C)C)NC(=O)[C@@H](NC(=O)[C@@H](N)CO)[C@@H](C)O)C(=O)O. The van der Waals surface area contributed by atoms with E-state index in [4.69, 9.17) is 10.8 Å². The zero-order chi connectivity index (χ0) is 32.1. The molecule has 0 fully saturated rings. The molecule has 0 aromatic heterocycles. The van der Waals surface area contributed by atoms with E-state index >= 15 is 0 Å². The minimum Gasteiger partial charge on any atom is -0.508 e. The lowest BCUT2D eigenvalue weighted by molar-refractivity contribution is -0.142. The smallest absolute Gasteiger partial charge is 0.326 e. The summed E-state index contributed by atoms with van der Waals surface area (Å²) in [7, 11) is 0. The Labute approximate surface area is 245 Å². The van der Waals surface area contributed by atoms with Crippen LogP contribution in [-0.4, -0.2) is 92.9 Å². The lowest BCUT2D eigenvalue weighted by Crippen LogP contribution is -2.61. The minimum atomic E-state index is -1.50. The van der Waals surface area contributed by atoms with Crippen molar-refractivity contribution < 1.29 is 44.4 Å². The quantitative estimate of drug-likeness (QED) is 0.104. The van der Waals surface area contributed by atoms with Gasteiger partial charge in [-0.15, -0.1) is 0 Å². The first-order valence-corrected chi connectivity index (χ1v) is 13.8. The third-order valence-electron chi connectivity index (χ3n) is 6.27. The van der Waals surface area contributed by atoms with Crippen LogP contribution in [0, 0.1) is 11.8 Å². The third kappa shape index (κ3) is 12.4. The number of rotatable bonds is 17. The van der Waals surface area contributed by atoms with Crippen LogP contribution in [0.1, 0.15) is 53.0 Å². The highest BCUT2D eigenvalue weighted by Crippen LogP contribution is 2.13. The first kappa shape index (κ1) is 36.3. The number of amides is 4. The number of carbonyl (C=O) groups excluding carboxylic acids is 4. The van der Waals surface area contributed by atoms with E-state index in [2.05, 4.69) is 21.3 Å². The van der Waals surface area contributed by atoms with E-state index in [1.165, 1.54) is 19.1 Å². The Hall–Kier alpha value is -3.75. The van der Waals surface area contributed by atoms with Crippen molar-refractivity contribution in [3.8, 4) is 5.75 Å². The number of aliphatic carboxylic acids is 1. The van der Waals surface area contributed by atoms with E-state index in [-0.39, 0.29) is 36.8 Å². The number of phenols is 1. The average molecular weight is 596 g/mol. The molecule has 0 saturated carbocycles. The number of aromatic hydroxyl groups is 1. The van der Waals surface area contributed by atoms with Crippen LogP contribution in [0.25, 0.3) is 0 Å². The second kappa shape index (κ2) is 17.3. The second-order valence-electron chi connectivity index (χ2n) is 11.2. The first-order valence-electron chi connectivity index (χ1n) is 13.8. The molecule has 14 heteroatoms. The van der Waals surface area contributed by atoms with Crippen molar-refractivity contribution in [1.82, 2.24) is 21.3 Å². The Morgan fingerprint density at radius 1 is 0.738 bits per heavy atom. The van der Waals surface area contributed by atoms with Gasteiger partial charge in [0.25, 0.3) is 0 Å². The van der Waals surface area contributed by atoms with E-state index < -0.39 is 72.5 Å². The number of carboxylic acid groups (broad SMARTS) is 1. The molecule has 14 nitrogen and oxygen atoms in total. The van der Waals surface area contributed by atoms with E-state index in [9.17, 15) is 39.3 Å². The lowest BCUT2D eigenvalue weighted by atomic mass is 9.99. The molecule has 10 N–H and O–H groups in total. The number of carbonyl (C=O) groups is 5. The molecule has 236 valence electrons. The largest absolute Gasteiger partial charge is 0.508 e. The highest BCUT2D eigenvalue weighted by Gasteiger charge is 2.33. The molecule has 0 heterocycles. The van der Waals surface area contributed by atoms with Crippen LogP contribution in [-0.2, 0) is 30.4 Å². The Kier molecular flexibility index (Phi) is 14.9. The van der Waals surface area contributed by atoms with Crippen molar-refractivity contribution in [3.63, 3.8) is 0 Å². The number of carboxylic acids is 1. The number of hydrogen-bond donors (Lipinski definition) is 9. The average Bonchev–Trinajstić information content (AvgIpc) is 2.90. The van der Waals surface area contributed by atoms with Gasteiger partial charge in [0, 0.05) is 6.42 Å². The molecule has 0 radical (unpaired) electrons. The van der Waals surface area contributed by atoms with Crippen LogP contribution in [0.4, 0.5) is 0 Å². The Bertz CT molecular complexity index is 1060. The lowest BCUT2D eigenvalue weighted by Gasteiger charge is -2.28. The predicted molar refractivity (Wildman–Crippen MR) is 153 cm³/mol. The first-order chi connectivity index (χ1) is 19.5. The molecule has 0 unspecified atom stereocenters. The molecule has 0 saturated heterocycles. The number of phenolic OH excluding ortho intramolecular Hbond substituents is 1. The molecule has 0 bridgehead atoms. The molecule has 0 aliphatic rings. The summed E-state index contributed by atoms with van der Waals surface area (Å²) in [6, 6.07) is -0.598. The van der Waals surface area contributed by atoms with Crippen molar-refractivity contribution in [2.24, 2.45) is 17.6 Å². The maximum atomic E-state index is 13.5. The van der Waals surface area contributed by atoms with Crippen LogP contribution in [0.3, 0.4) is 0 Å². The van der Waals surface area contributed by atoms with Crippen molar-refractivity contribution >= 4 is 29.6 Å². The molecule has 42 heavy (non-hydrogen) atoms. The summed E-state index contributed by atoms with van der Waals surface area (Å²) < 4.78 is 0. The topological polar surface area (TPSA) is 240 Å². The van der Waals surface area contributed by atoms with Crippen molar-refractivity contribution in [1.29, 1.82) is 0 Å². The summed E-state index contributed by atoms with van der Waals surface area (Å²) in [6.45, 7) is 7.76. The standard InChI is InChI=1S/C28H45N5O9/c1-14(2)10-20(31-27(40)23(16(5)35)33-24(37)19(29)13-34)25(38)30-21(12-17-6-8-18(36)9-7-17)26(39)32-22(28(41)42)11-15(3)4/h6-9,14-16,19-23,34-36H,10-13,29H2,1-5H3,(H,30,38)(H,31,40)(H,32,39)(H,33,37)(H,41,42)/t16-,19+,20+,21+,22+,23+/m1/s1. The summed E-state index contributed by atoms with van der Waals surface area (Å²) in [5, 5.41) is 48.3. The normalized spacial score (nSPS) is 15.6. The van der Waals surface area contributed by atoms with E-state index in [0.29, 0.717) is 5.56 Å². The molecule has 0 aliphatic carbocycles. The van der Waals surface area contributed by atoms with Crippen LogP contribution in [0.5, 0.6) is 5.75 Å². The van der Waals surface area contributed by atoms with E-state index in [1.54, 1.807) is 39.8 Å². The maximum absolute atomic E-state index is 13.5. The summed E-state index contributed by atoms with van der Waals surface area (Å²) >= 11 is 0. The number of hydrogen-bond acceptors (Lipinski definition) is 9. The third-order valence-corrected chi connectivity index (χ3v) is 6.27. The molecule has 6 atom stereocenters. The van der Waals surface area contributed by atoms with Gasteiger partial charge in [0.1, 0.15) is 36.0 Å². The number of nitrogens with two attached hydrogens (primary N) is 1. The number of nitrogens with one attached hydrogen (secondary N) is 4. The van der Waals surface area contributed by atoms with Crippen molar-refractivity contribution in [2.75, 3.05) is 6.61 Å². The van der Waals surface area contributed by atoms with Crippen LogP contribution in [0.15, 0.2) is 24.3 Å². The zero-order valence-electron chi connectivity index (χ0n) is 24.7. The number of aliphatic hydroxyl groups is 2. The summed E-state index contributed by atoms with van der Waals surface area (Å²) in [4.78, 5) is 63.7. The molecule has 1 aromatic carbocycles. The molecule has 1 aromatic rings. The molecule has 1 rings (SSSR count). The number of aliphatic hydroxyl groups excluding tert-OH is 2. The van der Waals surface area contributed by atoms with Gasteiger partial charge in [-0.1, -0.05) is 39.8 Å². The summed E-state index contributed by atoms with van der Waals surface area (Å²) in [5.74, 6) is -4.70. The fraction of sp³-hybridized carbons (Fsp3) is 0.607. The highest BCUT2D eigenvalue weighted by molar-refractivity contribution is 5.95. The Morgan fingerprint density at radius 2 is 1.21 bits per heavy atom. The van der Waals surface area contributed by atoms with Crippen molar-refractivity contribution in [3.05, 3.63) is 29.8 Å². The minimum absolute atomic E-state index is 0.00827. The zero-order valence-corrected chi connectivity index (χ0v) is 24.7. The van der Waals surface area contributed by atoms with Gasteiger partial charge in [-0.25, -0.2) is 4.79 Å². The van der Waals surface area contributed by atoms with Gasteiger partial charge in [0.2, 0.25) is 23.6 Å². The fourth-order valence-electron chi connectivity index (χ4n) is 4.03. The van der Waals surface area contributed by atoms with Gasteiger partial charge in [-0.2, -0.15) is 0 Å². The maximum Gasteiger partial charge on any atom is 0.326 e. The van der Waals surface area contributed by atoms with Gasteiger partial charge in [0.15, 0.2) is 0 Å². The monoisotopic (exact) mass is 595 g/mol. The molecular formula is C28H45N5O9. The summed E-state index contributed by atoms with van der Waals surface area (Å²) in [5.41, 5.74) is 6.05. The predicted octanol–water partition coefficient (Wildman–Crippen LogP) is -1.25. The highest BCUT2D eigenvalue weighted by atomic mass is 16.4. The van der Waals surface area contributed by atoms with Crippen LogP contribution in [0.2, 0.25) is 0 Å². The van der Waals surface area contributed by atoms with Crippen LogP contribution >= 0.6 is 0 Å². The number of benzene rings is 1. The van der Waals surface area contributed by atoms with Crippen LogP contribution < -0.4 is 27.0 Å². The second-order valence-corrected chi connectivity index (χ2v) is 11.2. The Morgan fingerprint density at radius 3 is 1.69 bits per heavy atom.